The van der Waals surface area contributed by atoms with E-state index in [2.05, 4.69) is 17.0 Å². The van der Waals surface area contributed by atoms with Crippen LogP contribution in [0.5, 0.6) is 0 Å². The van der Waals surface area contributed by atoms with Crippen LogP contribution in [0.1, 0.15) is 18.9 Å². The largest absolute Gasteiger partial charge is 0.264 e. The predicted molar refractivity (Wildman–Crippen MR) is 80.7 cm³/mol. The van der Waals surface area contributed by atoms with Gasteiger partial charge in [-0.2, -0.15) is 5.10 Å². The minimum absolute atomic E-state index is 0.247. The molecular weight excluding hydrogens is 265 g/mol. The second kappa shape index (κ2) is 5.87. The highest BCUT2D eigenvalue weighted by atomic mass is 19.1. The third-order valence-corrected chi connectivity index (χ3v) is 3.39. The van der Waals surface area contributed by atoms with E-state index in [1.54, 1.807) is 16.8 Å². The fourth-order valence-electron chi connectivity index (χ4n) is 2.35. The number of pyridine rings is 1. The molecule has 0 unspecified atom stereocenters. The lowest BCUT2D eigenvalue weighted by Crippen LogP contribution is -1.96. The highest BCUT2D eigenvalue weighted by molar-refractivity contribution is 5.62. The zero-order valence-electron chi connectivity index (χ0n) is 11.8. The summed E-state index contributed by atoms with van der Waals surface area (Å²) in [6.07, 6.45) is 7.62. The van der Waals surface area contributed by atoms with E-state index in [1.807, 2.05) is 30.7 Å². The van der Waals surface area contributed by atoms with Crippen molar-refractivity contribution >= 4 is 0 Å². The molecule has 21 heavy (non-hydrogen) atoms. The Balaban J connectivity index is 1.97. The van der Waals surface area contributed by atoms with E-state index < -0.39 is 0 Å². The van der Waals surface area contributed by atoms with Gasteiger partial charge in [0.1, 0.15) is 5.82 Å². The maximum absolute atomic E-state index is 13.0. The third-order valence-electron chi connectivity index (χ3n) is 3.39. The van der Waals surface area contributed by atoms with Crippen molar-refractivity contribution in [3.05, 3.63) is 66.4 Å². The molecule has 3 aromatic rings. The average molecular weight is 281 g/mol. The van der Waals surface area contributed by atoms with Gasteiger partial charge >= 0.3 is 0 Å². The molecule has 0 amide bonds. The van der Waals surface area contributed by atoms with Gasteiger partial charge in [-0.25, -0.2) is 9.07 Å². The van der Waals surface area contributed by atoms with Gasteiger partial charge in [-0.3, -0.25) is 4.98 Å². The van der Waals surface area contributed by atoms with Crippen LogP contribution in [0.15, 0.2) is 55.0 Å². The van der Waals surface area contributed by atoms with E-state index in [1.165, 1.54) is 17.7 Å². The van der Waals surface area contributed by atoms with Gasteiger partial charge in [0.25, 0.3) is 0 Å². The number of hydrogen-bond acceptors (Lipinski definition) is 2. The average Bonchev–Trinajstić information content (AvgIpc) is 2.99. The molecule has 2 aromatic heterocycles. The summed E-state index contributed by atoms with van der Waals surface area (Å²) in [4.78, 5) is 4.20. The van der Waals surface area contributed by atoms with Crippen molar-refractivity contribution in [2.75, 3.05) is 0 Å². The van der Waals surface area contributed by atoms with Crippen molar-refractivity contribution in [3.63, 3.8) is 0 Å². The Kier molecular flexibility index (Phi) is 3.77. The van der Waals surface area contributed by atoms with Gasteiger partial charge in [0, 0.05) is 24.2 Å². The topological polar surface area (TPSA) is 30.7 Å². The first-order valence-electron chi connectivity index (χ1n) is 7.03. The molecule has 0 saturated carbocycles. The molecule has 0 atom stereocenters. The highest BCUT2D eigenvalue weighted by Crippen LogP contribution is 2.23. The molecule has 2 heterocycles. The van der Waals surface area contributed by atoms with Crippen LogP contribution in [0.25, 0.3) is 16.9 Å². The van der Waals surface area contributed by atoms with Crippen molar-refractivity contribution in [1.82, 2.24) is 14.8 Å². The van der Waals surface area contributed by atoms with Gasteiger partial charge in [0.05, 0.1) is 11.4 Å². The lowest BCUT2D eigenvalue weighted by atomic mass is 10.0. The SMILES string of the molecule is CCCc1ccncc1-c1ccn(-c2ccc(F)cc2)n1. The summed E-state index contributed by atoms with van der Waals surface area (Å²) < 4.78 is 14.7. The molecule has 0 radical (unpaired) electrons. The Morgan fingerprint density at radius 1 is 1.10 bits per heavy atom. The monoisotopic (exact) mass is 281 g/mol. The second-order valence-corrected chi connectivity index (χ2v) is 4.90. The first-order valence-corrected chi connectivity index (χ1v) is 7.03. The first-order chi connectivity index (χ1) is 10.3. The van der Waals surface area contributed by atoms with Crippen molar-refractivity contribution < 1.29 is 4.39 Å². The fourth-order valence-corrected chi connectivity index (χ4v) is 2.35. The zero-order valence-corrected chi connectivity index (χ0v) is 11.8. The van der Waals surface area contributed by atoms with E-state index in [0.29, 0.717) is 0 Å². The fraction of sp³-hybridized carbons (Fsp3) is 0.176. The number of aryl methyl sites for hydroxylation is 1. The summed E-state index contributed by atoms with van der Waals surface area (Å²) in [5.74, 6) is -0.247. The molecule has 3 nitrogen and oxygen atoms in total. The maximum Gasteiger partial charge on any atom is 0.123 e. The van der Waals surface area contributed by atoms with Crippen LogP contribution in [-0.4, -0.2) is 14.8 Å². The van der Waals surface area contributed by atoms with Crippen LogP contribution in [0, 0.1) is 5.82 Å². The summed E-state index contributed by atoms with van der Waals surface area (Å²) in [5, 5.41) is 4.58. The van der Waals surface area contributed by atoms with Gasteiger partial charge in [-0.1, -0.05) is 13.3 Å². The normalized spacial score (nSPS) is 10.8. The molecule has 0 fully saturated rings. The molecule has 0 spiro atoms. The first kappa shape index (κ1) is 13.5. The summed E-state index contributed by atoms with van der Waals surface area (Å²) in [7, 11) is 0. The Bertz CT molecular complexity index is 732. The van der Waals surface area contributed by atoms with Gasteiger partial charge in [-0.05, 0) is 48.4 Å². The molecule has 0 bridgehead atoms. The maximum atomic E-state index is 13.0. The second-order valence-electron chi connectivity index (χ2n) is 4.90. The Hall–Kier alpha value is -2.49. The van der Waals surface area contributed by atoms with E-state index in [4.69, 9.17) is 0 Å². The third kappa shape index (κ3) is 2.84. The zero-order chi connectivity index (χ0) is 14.7. The molecular formula is C17H16FN3. The molecule has 0 aliphatic heterocycles. The Morgan fingerprint density at radius 3 is 2.67 bits per heavy atom. The van der Waals surface area contributed by atoms with E-state index in [-0.39, 0.29) is 5.82 Å². The highest BCUT2D eigenvalue weighted by Gasteiger charge is 2.08. The van der Waals surface area contributed by atoms with E-state index in [9.17, 15) is 4.39 Å². The Labute approximate surface area is 123 Å². The van der Waals surface area contributed by atoms with Crippen LogP contribution in [0.3, 0.4) is 0 Å². The molecule has 0 aliphatic carbocycles. The summed E-state index contributed by atoms with van der Waals surface area (Å²) >= 11 is 0. The van der Waals surface area contributed by atoms with Gasteiger partial charge in [-0.15, -0.1) is 0 Å². The van der Waals surface area contributed by atoms with Gasteiger partial charge < -0.3 is 0 Å². The predicted octanol–water partition coefficient (Wildman–Crippen LogP) is 4.03. The van der Waals surface area contributed by atoms with Crippen LogP contribution in [0.4, 0.5) is 4.39 Å². The summed E-state index contributed by atoms with van der Waals surface area (Å²) in [6, 6.07) is 10.3. The minimum Gasteiger partial charge on any atom is -0.264 e. The summed E-state index contributed by atoms with van der Waals surface area (Å²) in [5.41, 5.74) is 4.02. The summed E-state index contributed by atoms with van der Waals surface area (Å²) in [6.45, 7) is 2.15. The van der Waals surface area contributed by atoms with Crippen LogP contribution in [0.2, 0.25) is 0 Å². The molecule has 4 heteroatoms. The molecule has 1 aromatic carbocycles. The van der Waals surface area contributed by atoms with E-state index in [0.717, 1.165) is 29.8 Å². The van der Waals surface area contributed by atoms with Gasteiger partial charge in [0.2, 0.25) is 0 Å². The number of hydrogen-bond donors (Lipinski definition) is 0. The smallest absolute Gasteiger partial charge is 0.123 e. The van der Waals surface area contributed by atoms with Crippen LogP contribution in [-0.2, 0) is 6.42 Å². The lowest BCUT2D eigenvalue weighted by molar-refractivity contribution is 0.627. The van der Waals surface area contributed by atoms with E-state index >= 15 is 0 Å². The van der Waals surface area contributed by atoms with Gasteiger partial charge in [0.15, 0.2) is 0 Å². The van der Waals surface area contributed by atoms with Crippen LogP contribution < -0.4 is 0 Å². The van der Waals surface area contributed by atoms with Crippen molar-refractivity contribution in [3.8, 4) is 16.9 Å². The number of halogens is 1. The quantitative estimate of drug-likeness (QED) is 0.723. The molecule has 3 rings (SSSR count). The number of rotatable bonds is 4. The number of aromatic nitrogens is 3. The van der Waals surface area contributed by atoms with Crippen LogP contribution >= 0.6 is 0 Å². The van der Waals surface area contributed by atoms with Crippen molar-refractivity contribution in [2.45, 2.75) is 19.8 Å². The van der Waals surface area contributed by atoms with Crippen molar-refractivity contribution in [1.29, 1.82) is 0 Å². The number of nitrogens with zero attached hydrogens (tertiary/aromatic N) is 3. The Morgan fingerprint density at radius 2 is 1.90 bits per heavy atom. The number of benzene rings is 1. The molecule has 0 saturated heterocycles. The van der Waals surface area contributed by atoms with Crippen molar-refractivity contribution in [2.24, 2.45) is 0 Å². The molecule has 0 N–H and O–H groups in total. The minimum atomic E-state index is -0.247. The molecule has 106 valence electrons. The standard InChI is InChI=1S/C17H16FN3/c1-2-3-13-8-10-19-12-16(13)17-9-11-21(20-17)15-6-4-14(18)5-7-15/h4-12H,2-3H2,1H3. The lowest BCUT2D eigenvalue weighted by Gasteiger charge is -2.05. The molecule has 0 aliphatic rings.